The molecule has 0 saturated carbocycles. The number of carbonyl (C=O) groups excluding carboxylic acids is 2. The summed E-state index contributed by atoms with van der Waals surface area (Å²) in [5.74, 6) is -0.183. The molecule has 0 aliphatic carbocycles. The molecule has 9 heteroatoms. The minimum Gasteiger partial charge on any atom is -0.497 e. The fraction of sp³-hybridized carbons (Fsp3) is 0.500. The summed E-state index contributed by atoms with van der Waals surface area (Å²) in [7, 11) is -1.49. The van der Waals surface area contributed by atoms with Crippen molar-refractivity contribution in [3.63, 3.8) is 0 Å². The molecule has 1 aromatic carbocycles. The first-order valence-electron chi connectivity index (χ1n) is 7.76. The van der Waals surface area contributed by atoms with Gasteiger partial charge in [0.2, 0.25) is 0 Å². The SMILES string of the molecule is COc1ccc(SCC(=O)O[C@H](C)C(=O)N[C@H]2CCS(=O)(=O)C2)cc1. The molecule has 1 heterocycles. The number of carbonyl (C=O) groups is 2. The Bertz CT molecular complexity index is 717. The van der Waals surface area contributed by atoms with E-state index < -0.39 is 33.9 Å². The first-order valence-corrected chi connectivity index (χ1v) is 10.6. The summed E-state index contributed by atoms with van der Waals surface area (Å²) < 4.78 is 32.9. The van der Waals surface area contributed by atoms with Crippen LogP contribution >= 0.6 is 11.8 Å². The summed E-state index contributed by atoms with van der Waals surface area (Å²) in [6, 6.07) is 6.83. The Morgan fingerprint density at radius 3 is 2.56 bits per heavy atom. The molecule has 0 radical (unpaired) electrons. The van der Waals surface area contributed by atoms with E-state index >= 15 is 0 Å². The van der Waals surface area contributed by atoms with Crippen LogP contribution in [0, 0.1) is 0 Å². The van der Waals surface area contributed by atoms with E-state index in [1.807, 2.05) is 12.1 Å². The number of thioether (sulfide) groups is 1. The standard InChI is InChI=1S/C16H21NO6S2/c1-11(16(19)17-12-7-8-25(20,21)10-12)23-15(18)9-24-14-5-3-13(22-2)4-6-14/h3-6,11-12H,7-10H2,1-2H3,(H,17,19)/t11-,12+/m1/s1. The molecule has 1 N–H and O–H groups in total. The highest BCUT2D eigenvalue weighted by Gasteiger charge is 2.30. The number of hydrogen-bond donors (Lipinski definition) is 1. The molecule has 2 rings (SSSR count). The van der Waals surface area contributed by atoms with Gasteiger partial charge in [-0.05, 0) is 37.6 Å². The summed E-state index contributed by atoms with van der Waals surface area (Å²) >= 11 is 1.29. The average Bonchev–Trinajstić information content (AvgIpc) is 2.91. The monoisotopic (exact) mass is 387 g/mol. The summed E-state index contributed by atoms with van der Waals surface area (Å²) in [6.07, 6.45) is -0.575. The Kier molecular flexibility index (Phi) is 6.71. The van der Waals surface area contributed by atoms with Crippen LogP contribution < -0.4 is 10.1 Å². The van der Waals surface area contributed by atoms with Crippen LogP contribution in [-0.4, -0.2) is 56.8 Å². The zero-order valence-electron chi connectivity index (χ0n) is 14.1. The molecular formula is C16H21NO6S2. The number of ether oxygens (including phenoxy) is 2. The quantitative estimate of drug-likeness (QED) is 0.551. The van der Waals surface area contributed by atoms with Gasteiger partial charge in [-0.3, -0.25) is 9.59 Å². The zero-order valence-corrected chi connectivity index (χ0v) is 15.7. The maximum Gasteiger partial charge on any atom is 0.317 e. The van der Waals surface area contributed by atoms with Gasteiger partial charge in [0.15, 0.2) is 15.9 Å². The third-order valence-electron chi connectivity index (χ3n) is 3.67. The minimum atomic E-state index is -3.07. The van der Waals surface area contributed by atoms with Gasteiger partial charge < -0.3 is 14.8 Å². The molecule has 1 saturated heterocycles. The summed E-state index contributed by atoms with van der Waals surface area (Å²) in [4.78, 5) is 24.7. The number of rotatable bonds is 7. The second-order valence-corrected chi connectivity index (χ2v) is 8.98. The highest BCUT2D eigenvalue weighted by atomic mass is 32.2. The minimum absolute atomic E-state index is 0.0628. The normalized spacial score (nSPS) is 19.8. The van der Waals surface area contributed by atoms with Crippen LogP contribution in [0.5, 0.6) is 5.75 Å². The predicted molar refractivity (Wildman–Crippen MR) is 94.5 cm³/mol. The lowest BCUT2D eigenvalue weighted by Crippen LogP contribution is -2.42. The van der Waals surface area contributed by atoms with Crippen molar-refractivity contribution in [3.05, 3.63) is 24.3 Å². The largest absolute Gasteiger partial charge is 0.497 e. The fourth-order valence-corrected chi connectivity index (χ4v) is 4.68. The number of nitrogens with one attached hydrogen (secondary N) is 1. The van der Waals surface area contributed by atoms with E-state index in [9.17, 15) is 18.0 Å². The van der Waals surface area contributed by atoms with Gasteiger partial charge in [0, 0.05) is 10.9 Å². The molecular weight excluding hydrogens is 366 g/mol. The zero-order chi connectivity index (χ0) is 18.4. The molecule has 25 heavy (non-hydrogen) atoms. The molecule has 1 amide bonds. The first-order chi connectivity index (χ1) is 11.8. The number of amides is 1. The molecule has 2 atom stereocenters. The van der Waals surface area contributed by atoms with Crippen LogP contribution in [0.4, 0.5) is 0 Å². The van der Waals surface area contributed by atoms with Crippen molar-refractivity contribution in [2.75, 3.05) is 24.4 Å². The van der Waals surface area contributed by atoms with Gasteiger partial charge in [0.25, 0.3) is 5.91 Å². The molecule has 1 aromatic rings. The molecule has 0 spiro atoms. The van der Waals surface area contributed by atoms with Crippen LogP contribution in [0.25, 0.3) is 0 Å². The van der Waals surface area contributed by atoms with E-state index in [2.05, 4.69) is 5.32 Å². The van der Waals surface area contributed by atoms with Crippen LogP contribution in [0.15, 0.2) is 29.2 Å². The highest BCUT2D eigenvalue weighted by Crippen LogP contribution is 2.21. The molecule has 1 fully saturated rings. The lowest BCUT2D eigenvalue weighted by molar-refractivity contribution is -0.152. The first kappa shape index (κ1) is 19.6. The predicted octanol–water partition coefficient (Wildman–Crippen LogP) is 1.02. The summed E-state index contributed by atoms with van der Waals surface area (Å²) in [5, 5.41) is 2.61. The van der Waals surface area contributed by atoms with Crippen molar-refractivity contribution < 1.29 is 27.5 Å². The second kappa shape index (κ2) is 8.57. The van der Waals surface area contributed by atoms with E-state index in [1.165, 1.54) is 18.7 Å². The van der Waals surface area contributed by atoms with E-state index in [0.29, 0.717) is 6.42 Å². The van der Waals surface area contributed by atoms with Gasteiger partial charge >= 0.3 is 5.97 Å². The third-order valence-corrected chi connectivity index (χ3v) is 6.43. The number of hydrogen-bond acceptors (Lipinski definition) is 7. The van der Waals surface area contributed by atoms with Gasteiger partial charge in [-0.25, -0.2) is 8.42 Å². The molecule has 7 nitrogen and oxygen atoms in total. The van der Waals surface area contributed by atoms with Gasteiger partial charge in [-0.2, -0.15) is 0 Å². The van der Waals surface area contributed by atoms with Crippen LogP contribution in [0.1, 0.15) is 13.3 Å². The Morgan fingerprint density at radius 2 is 2.00 bits per heavy atom. The Hall–Kier alpha value is -1.74. The lowest BCUT2D eigenvalue weighted by Gasteiger charge is -2.16. The fourth-order valence-electron chi connectivity index (χ4n) is 2.33. The van der Waals surface area contributed by atoms with E-state index in [0.717, 1.165) is 10.6 Å². The number of methoxy groups -OCH3 is 1. The van der Waals surface area contributed by atoms with Crippen molar-refractivity contribution >= 4 is 33.5 Å². The highest BCUT2D eigenvalue weighted by molar-refractivity contribution is 8.00. The van der Waals surface area contributed by atoms with Crippen LogP contribution in [0.3, 0.4) is 0 Å². The lowest BCUT2D eigenvalue weighted by atomic mass is 10.2. The number of sulfone groups is 1. The molecule has 0 unspecified atom stereocenters. The maximum absolute atomic E-state index is 12.0. The number of esters is 1. The van der Waals surface area contributed by atoms with Gasteiger partial charge in [-0.15, -0.1) is 11.8 Å². The Balaban J connectivity index is 1.74. The van der Waals surface area contributed by atoms with Gasteiger partial charge in [0.1, 0.15) is 5.75 Å². The topological polar surface area (TPSA) is 98.8 Å². The average molecular weight is 387 g/mol. The smallest absolute Gasteiger partial charge is 0.317 e. The Labute approximate surface area is 151 Å². The van der Waals surface area contributed by atoms with Gasteiger partial charge in [-0.1, -0.05) is 0 Å². The van der Waals surface area contributed by atoms with E-state index in [1.54, 1.807) is 19.2 Å². The number of benzene rings is 1. The summed E-state index contributed by atoms with van der Waals surface area (Å²) in [6.45, 7) is 1.47. The van der Waals surface area contributed by atoms with Crippen molar-refractivity contribution in [1.82, 2.24) is 5.32 Å². The van der Waals surface area contributed by atoms with Crippen LogP contribution in [-0.2, 0) is 24.2 Å². The van der Waals surface area contributed by atoms with E-state index in [-0.39, 0.29) is 17.3 Å². The summed E-state index contributed by atoms with van der Waals surface area (Å²) in [5.41, 5.74) is 0. The van der Waals surface area contributed by atoms with Crippen molar-refractivity contribution in [3.8, 4) is 5.75 Å². The van der Waals surface area contributed by atoms with Crippen molar-refractivity contribution in [2.24, 2.45) is 0 Å². The van der Waals surface area contributed by atoms with Crippen molar-refractivity contribution in [1.29, 1.82) is 0 Å². The van der Waals surface area contributed by atoms with Crippen molar-refractivity contribution in [2.45, 2.75) is 30.4 Å². The molecule has 138 valence electrons. The third kappa shape index (κ3) is 6.24. The van der Waals surface area contributed by atoms with E-state index in [4.69, 9.17) is 9.47 Å². The molecule has 1 aliphatic heterocycles. The maximum atomic E-state index is 12.0. The second-order valence-electron chi connectivity index (χ2n) is 5.70. The van der Waals surface area contributed by atoms with Crippen LogP contribution in [0.2, 0.25) is 0 Å². The molecule has 1 aliphatic rings. The molecule has 0 bridgehead atoms. The van der Waals surface area contributed by atoms with Gasteiger partial charge in [0.05, 0.1) is 24.4 Å². The Morgan fingerprint density at radius 1 is 1.32 bits per heavy atom. The molecule has 0 aromatic heterocycles.